The van der Waals surface area contributed by atoms with Gasteiger partial charge in [-0.05, 0) is 43.2 Å². The normalized spacial score (nSPS) is 10.8. The Hall–Kier alpha value is -3.49. The first-order valence-corrected chi connectivity index (χ1v) is 9.87. The minimum Gasteiger partial charge on any atom is -0.377 e. The van der Waals surface area contributed by atoms with Crippen molar-refractivity contribution in [2.75, 3.05) is 13.2 Å². The van der Waals surface area contributed by atoms with Gasteiger partial charge in [-0.1, -0.05) is 42.5 Å². The zero-order chi connectivity index (χ0) is 22.6. The molecule has 8 heteroatoms. The Balaban J connectivity index is 2.06. The molecule has 0 aliphatic carbocycles. The molecule has 0 aliphatic heterocycles. The Labute approximate surface area is 181 Å². The maximum Gasteiger partial charge on any atom is 0.324 e. The van der Waals surface area contributed by atoms with Crippen LogP contribution in [0.4, 0.5) is 4.79 Å². The van der Waals surface area contributed by atoms with Gasteiger partial charge in [0.05, 0.1) is 12.7 Å². The van der Waals surface area contributed by atoms with E-state index in [1.807, 2.05) is 26.0 Å². The van der Waals surface area contributed by atoms with Crippen molar-refractivity contribution in [3.63, 3.8) is 0 Å². The minimum atomic E-state index is -0.625. The molecule has 2 rings (SSSR count). The van der Waals surface area contributed by atoms with Crippen LogP contribution in [0, 0.1) is 0 Å². The van der Waals surface area contributed by atoms with Gasteiger partial charge in [0.2, 0.25) is 0 Å². The van der Waals surface area contributed by atoms with Crippen LogP contribution in [0.1, 0.15) is 35.3 Å². The molecule has 3 N–H and O–H groups in total. The molecule has 4 amide bonds. The maximum absolute atomic E-state index is 12.7. The molecule has 0 bridgehead atoms. The number of hydrogen-bond acceptors (Lipinski definition) is 5. The minimum absolute atomic E-state index is 0.0260. The fraction of sp³-hybridized carbons (Fsp3) is 0.261. The number of ether oxygens (including phenoxy) is 1. The summed E-state index contributed by atoms with van der Waals surface area (Å²) in [5.74, 6) is -1.09. The first kappa shape index (κ1) is 23.8. The summed E-state index contributed by atoms with van der Waals surface area (Å²) in [4.78, 5) is 37.7. The molecule has 164 valence electrons. The largest absolute Gasteiger partial charge is 0.377 e. The molecule has 0 saturated heterocycles. The molecule has 0 spiro atoms. The average Bonchev–Trinajstić information content (AvgIpc) is 2.77. The van der Waals surface area contributed by atoms with E-state index in [1.165, 1.54) is 16.5 Å². The van der Waals surface area contributed by atoms with Crippen LogP contribution in [0.3, 0.4) is 0 Å². The zero-order valence-corrected chi connectivity index (χ0v) is 17.6. The lowest BCUT2D eigenvalue weighted by molar-refractivity contribution is -0.124. The Kier molecular flexibility index (Phi) is 9.41. The maximum atomic E-state index is 12.7. The highest BCUT2D eigenvalue weighted by molar-refractivity contribution is 6.04. The van der Waals surface area contributed by atoms with Crippen LogP contribution in [0.5, 0.6) is 0 Å². The van der Waals surface area contributed by atoms with Crippen molar-refractivity contribution >= 4 is 23.9 Å². The Bertz CT molecular complexity index is 895. The van der Waals surface area contributed by atoms with Crippen molar-refractivity contribution in [3.8, 4) is 0 Å². The summed E-state index contributed by atoms with van der Waals surface area (Å²) in [7, 11) is 0. The number of hydrogen-bond donors (Lipinski definition) is 3. The van der Waals surface area contributed by atoms with Gasteiger partial charge in [0.1, 0.15) is 0 Å². The van der Waals surface area contributed by atoms with E-state index in [9.17, 15) is 14.4 Å². The molecule has 2 aromatic rings. The molecule has 0 heterocycles. The average molecular weight is 425 g/mol. The standard InChI is InChI=1S/C23H27N3O5/c1-17(2)31-15-14-26(23(29)24-22(28)20-6-4-3-5-7-20)16-19-10-8-18(9-11-19)12-13-21(27)25-30/h3-13,17,30H,14-16H2,1-2H3,(H,25,27)(H,24,28,29). The van der Waals surface area contributed by atoms with Crippen molar-refractivity contribution in [2.45, 2.75) is 26.5 Å². The van der Waals surface area contributed by atoms with E-state index in [1.54, 1.807) is 48.5 Å². The molecule has 0 unspecified atom stereocenters. The van der Waals surface area contributed by atoms with Crippen molar-refractivity contribution in [3.05, 3.63) is 77.4 Å². The molecule has 0 aliphatic rings. The summed E-state index contributed by atoms with van der Waals surface area (Å²) in [6, 6.07) is 15.2. The lowest BCUT2D eigenvalue weighted by Crippen LogP contribution is -2.44. The third-order valence-corrected chi connectivity index (χ3v) is 4.25. The second-order valence-corrected chi connectivity index (χ2v) is 7.02. The van der Waals surface area contributed by atoms with Crippen LogP contribution < -0.4 is 10.8 Å². The van der Waals surface area contributed by atoms with Gasteiger partial charge in [0.25, 0.3) is 11.8 Å². The number of benzene rings is 2. The lowest BCUT2D eigenvalue weighted by Gasteiger charge is -2.23. The highest BCUT2D eigenvalue weighted by Crippen LogP contribution is 2.10. The second kappa shape index (κ2) is 12.3. The van der Waals surface area contributed by atoms with E-state index in [2.05, 4.69) is 5.32 Å². The number of urea groups is 1. The highest BCUT2D eigenvalue weighted by Gasteiger charge is 2.18. The number of rotatable bonds is 9. The SMILES string of the molecule is CC(C)OCCN(Cc1ccc(C=CC(=O)NO)cc1)C(=O)NC(=O)c1ccccc1. The van der Waals surface area contributed by atoms with Gasteiger partial charge in [0, 0.05) is 24.7 Å². The van der Waals surface area contributed by atoms with Gasteiger partial charge >= 0.3 is 6.03 Å². The third-order valence-electron chi connectivity index (χ3n) is 4.25. The summed E-state index contributed by atoms with van der Waals surface area (Å²) < 4.78 is 5.56. The fourth-order valence-electron chi connectivity index (χ4n) is 2.65. The molecule has 0 aromatic heterocycles. The van der Waals surface area contributed by atoms with E-state index in [0.717, 1.165) is 11.1 Å². The predicted molar refractivity (Wildman–Crippen MR) is 116 cm³/mol. The number of carbonyl (C=O) groups is 3. The Morgan fingerprint density at radius 3 is 2.35 bits per heavy atom. The van der Waals surface area contributed by atoms with Crippen LogP contribution in [-0.2, 0) is 16.1 Å². The van der Waals surface area contributed by atoms with E-state index < -0.39 is 17.8 Å². The number of imide groups is 1. The summed E-state index contributed by atoms with van der Waals surface area (Å²) >= 11 is 0. The molecule has 8 nitrogen and oxygen atoms in total. The molecule has 0 radical (unpaired) electrons. The van der Waals surface area contributed by atoms with Gasteiger partial charge in [-0.15, -0.1) is 0 Å². The van der Waals surface area contributed by atoms with E-state index >= 15 is 0 Å². The van der Waals surface area contributed by atoms with Crippen molar-refractivity contribution in [2.24, 2.45) is 0 Å². The van der Waals surface area contributed by atoms with Gasteiger partial charge in [-0.3, -0.25) is 20.1 Å². The van der Waals surface area contributed by atoms with Crippen LogP contribution in [0.15, 0.2) is 60.7 Å². The summed E-state index contributed by atoms with van der Waals surface area (Å²) in [6.45, 7) is 4.74. The molecule has 0 fully saturated rings. The molecular weight excluding hydrogens is 398 g/mol. The van der Waals surface area contributed by atoms with E-state index in [0.29, 0.717) is 18.7 Å². The van der Waals surface area contributed by atoms with Crippen LogP contribution in [0.2, 0.25) is 0 Å². The van der Waals surface area contributed by atoms with Crippen LogP contribution >= 0.6 is 0 Å². The summed E-state index contributed by atoms with van der Waals surface area (Å²) in [6.07, 6.45) is 2.78. The monoisotopic (exact) mass is 425 g/mol. The topological polar surface area (TPSA) is 108 Å². The van der Waals surface area contributed by atoms with Gasteiger partial charge in [0.15, 0.2) is 0 Å². The predicted octanol–water partition coefficient (Wildman–Crippen LogP) is 2.98. The quantitative estimate of drug-likeness (QED) is 0.325. The molecule has 2 aromatic carbocycles. The molecule has 31 heavy (non-hydrogen) atoms. The smallest absolute Gasteiger partial charge is 0.324 e. The lowest BCUT2D eigenvalue weighted by atomic mass is 10.1. The Morgan fingerprint density at radius 1 is 1.06 bits per heavy atom. The van der Waals surface area contributed by atoms with Crippen LogP contribution in [0.25, 0.3) is 6.08 Å². The van der Waals surface area contributed by atoms with Crippen molar-refractivity contribution in [1.82, 2.24) is 15.7 Å². The fourth-order valence-corrected chi connectivity index (χ4v) is 2.65. The number of carbonyl (C=O) groups excluding carboxylic acids is 3. The van der Waals surface area contributed by atoms with Crippen LogP contribution in [-0.4, -0.2) is 47.2 Å². The van der Waals surface area contributed by atoms with E-state index in [4.69, 9.17) is 9.94 Å². The first-order valence-electron chi connectivity index (χ1n) is 9.87. The number of nitrogens with zero attached hydrogens (tertiary/aromatic N) is 1. The zero-order valence-electron chi connectivity index (χ0n) is 17.6. The first-order chi connectivity index (χ1) is 14.9. The number of nitrogens with one attached hydrogen (secondary N) is 2. The third kappa shape index (κ3) is 8.41. The van der Waals surface area contributed by atoms with Gasteiger partial charge in [-0.25, -0.2) is 10.3 Å². The molecule has 0 saturated carbocycles. The molecule has 0 atom stereocenters. The number of hydroxylamine groups is 1. The summed E-state index contributed by atoms with van der Waals surface area (Å²) in [5.41, 5.74) is 3.52. The Morgan fingerprint density at radius 2 is 1.74 bits per heavy atom. The van der Waals surface area contributed by atoms with Gasteiger partial charge in [-0.2, -0.15) is 0 Å². The molecular formula is C23H27N3O5. The highest BCUT2D eigenvalue weighted by atomic mass is 16.5. The van der Waals surface area contributed by atoms with Crippen molar-refractivity contribution < 1.29 is 24.3 Å². The number of amides is 4. The van der Waals surface area contributed by atoms with E-state index in [-0.39, 0.29) is 12.6 Å². The van der Waals surface area contributed by atoms with Gasteiger partial charge < -0.3 is 9.64 Å². The van der Waals surface area contributed by atoms with Crippen molar-refractivity contribution in [1.29, 1.82) is 0 Å². The summed E-state index contributed by atoms with van der Waals surface area (Å²) in [5, 5.41) is 10.9. The second-order valence-electron chi connectivity index (χ2n) is 7.02.